The molecule has 0 radical (unpaired) electrons. The Kier molecular flexibility index (Phi) is 4.27. The van der Waals surface area contributed by atoms with Gasteiger partial charge in [-0.2, -0.15) is 0 Å². The first kappa shape index (κ1) is 13.7. The molecule has 1 fully saturated rings. The molecule has 0 aliphatic carbocycles. The van der Waals surface area contributed by atoms with Gasteiger partial charge >= 0.3 is 11.5 Å². The number of benzene rings is 1. The van der Waals surface area contributed by atoms with Crippen molar-refractivity contribution in [3.63, 3.8) is 0 Å². The lowest BCUT2D eigenvalue weighted by molar-refractivity contribution is 0.0782. The highest BCUT2D eigenvalue weighted by Crippen LogP contribution is 2.30. The van der Waals surface area contributed by atoms with E-state index < -0.39 is 23.7 Å². The zero-order valence-electron chi connectivity index (χ0n) is 10.4. The Morgan fingerprint density at radius 3 is 2.63 bits per heavy atom. The molecular weight excluding hydrogens is 270 g/mol. The summed E-state index contributed by atoms with van der Waals surface area (Å²) in [5.74, 6) is 0. The molecule has 2 rings (SSSR count). The van der Waals surface area contributed by atoms with Gasteiger partial charge in [0, 0.05) is 6.54 Å². The van der Waals surface area contributed by atoms with Gasteiger partial charge in [-0.15, -0.1) is 0 Å². The molecule has 1 aromatic carbocycles. The average molecular weight is 284 g/mol. The Labute approximate surface area is 116 Å². The fourth-order valence-electron chi connectivity index (χ4n) is 2.17. The molecule has 1 amide bonds. The number of likely N-dealkylation sites (N-methyl/N-ethyl adjacent to an activating group) is 1. The number of ether oxygens (including phenoxy) is 2. The number of carbonyl (C=O) groups excluding carboxylic acids is 2. The van der Waals surface area contributed by atoms with Gasteiger partial charge in [0.1, 0.15) is 6.61 Å². The molecule has 1 aromatic rings. The van der Waals surface area contributed by atoms with Crippen molar-refractivity contribution in [2.75, 3.05) is 13.2 Å². The van der Waals surface area contributed by atoms with Crippen LogP contribution < -0.4 is 0 Å². The van der Waals surface area contributed by atoms with Gasteiger partial charge in [-0.25, -0.2) is 4.79 Å². The minimum Gasteiger partial charge on any atom is -0.430 e. The summed E-state index contributed by atoms with van der Waals surface area (Å²) in [5, 5.41) is -0.584. The maximum Gasteiger partial charge on any atom is 0.508 e. The van der Waals surface area contributed by atoms with Gasteiger partial charge in [0.25, 0.3) is 0 Å². The van der Waals surface area contributed by atoms with E-state index in [1.807, 2.05) is 37.3 Å². The zero-order valence-corrected chi connectivity index (χ0v) is 11.2. The first-order valence-electron chi connectivity index (χ1n) is 5.98. The number of cyclic esters (lactones) is 2. The van der Waals surface area contributed by atoms with Crippen molar-refractivity contribution in [3.8, 4) is 0 Å². The molecule has 5 nitrogen and oxygen atoms in total. The van der Waals surface area contributed by atoms with Crippen LogP contribution in [0.2, 0.25) is 0 Å². The zero-order chi connectivity index (χ0) is 13.8. The summed E-state index contributed by atoms with van der Waals surface area (Å²) in [6.45, 7) is 2.34. The fraction of sp³-hybridized carbons (Fsp3) is 0.385. The predicted molar refractivity (Wildman–Crippen MR) is 69.0 cm³/mol. The highest BCUT2D eigenvalue weighted by atomic mass is 35.5. The molecule has 1 heterocycles. The average Bonchev–Trinajstić information content (AvgIpc) is 2.82. The van der Waals surface area contributed by atoms with Crippen molar-refractivity contribution < 1.29 is 19.1 Å². The third-order valence-corrected chi connectivity index (χ3v) is 3.23. The third-order valence-electron chi connectivity index (χ3n) is 3.01. The maximum absolute atomic E-state index is 11.5. The van der Waals surface area contributed by atoms with Gasteiger partial charge < -0.3 is 14.4 Å². The number of halogens is 1. The normalized spacial score (nSPS) is 19.5. The van der Waals surface area contributed by atoms with Crippen LogP contribution in [-0.4, -0.2) is 35.7 Å². The third kappa shape index (κ3) is 2.98. The van der Waals surface area contributed by atoms with Gasteiger partial charge in [-0.1, -0.05) is 30.3 Å². The van der Waals surface area contributed by atoms with Crippen molar-refractivity contribution in [1.29, 1.82) is 0 Å². The number of rotatable bonds is 4. The molecule has 0 aromatic heterocycles. The monoisotopic (exact) mass is 283 g/mol. The Morgan fingerprint density at radius 2 is 2.16 bits per heavy atom. The number of hydrogen-bond donors (Lipinski definition) is 0. The van der Waals surface area contributed by atoms with Crippen LogP contribution in [0.25, 0.3) is 0 Å². The van der Waals surface area contributed by atoms with Crippen molar-refractivity contribution in [1.82, 2.24) is 4.90 Å². The minimum atomic E-state index is -0.719. The lowest BCUT2D eigenvalue weighted by atomic mass is 10.0. The summed E-state index contributed by atoms with van der Waals surface area (Å²) in [5.41, 5.74) is 0.849. The first-order valence-corrected chi connectivity index (χ1v) is 6.35. The van der Waals surface area contributed by atoms with E-state index in [0.717, 1.165) is 5.56 Å². The van der Waals surface area contributed by atoms with Gasteiger partial charge in [-0.3, -0.25) is 4.79 Å². The van der Waals surface area contributed by atoms with E-state index in [4.69, 9.17) is 21.1 Å². The second-order valence-corrected chi connectivity index (χ2v) is 4.44. The molecule has 6 heteroatoms. The van der Waals surface area contributed by atoms with E-state index in [1.54, 1.807) is 0 Å². The van der Waals surface area contributed by atoms with E-state index in [9.17, 15) is 9.59 Å². The number of nitrogens with zero attached hydrogens (tertiary/aromatic N) is 1. The maximum atomic E-state index is 11.5. The van der Waals surface area contributed by atoms with Crippen molar-refractivity contribution in [2.45, 2.75) is 19.1 Å². The van der Waals surface area contributed by atoms with Crippen LogP contribution in [0.15, 0.2) is 30.3 Å². The summed E-state index contributed by atoms with van der Waals surface area (Å²) >= 11 is 5.61. The molecule has 19 heavy (non-hydrogen) atoms. The van der Waals surface area contributed by atoms with Gasteiger partial charge in [-0.05, 0) is 24.1 Å². The SMILES string of the molecule is CCN(C(=O)Cl)[C@@H](c1ccccc1)[C@H]1COC(=O)O1. The summed E-state index contributed by atoms with van der Waals surface area (Å²) in [6.07, 6.45) is -1.26. The van der Waals surface area contributed by atoms with Crippen LogP contribution in [-0.2, 0) is 9.47 Å². The summed E-state index contributed by atoms with van der Waals surface area (Å²) < 4.78 is 9.90. The first-order chi connectivity index (χ1) is 9.13. The predicted octanol–water partition coefficient (Wildman–Crippen LogP) is 2.94. The standard InChI is InChI=1S/C13H14ClNO4/c1-2-15(12(14)16)11(9-6-4-3-5-7-9)10-8-18-13(17)19-10/h3-7,10-11H,2,8H2,1H3/t10-,11+/m1/s1. The van der Waals surface area contributed by atoms with Crippen LogP contribution in [0.1, 0.15) is 18.5 Å². The highest BCUT2D eigenvalue weighted by Gasteiger charge is 2.38. The van der Waals surface area contributed by atoms with Crippen molar-refractivity contribution in [3.05, 3.63) is 35.9 Å². The molecular formula is C13H14ClNO4. The molecule has 0 spiro atoms. The molecule has 0 bridgehead atoms. The molecule has 1 aliphatic rings. The topological polar surface area (TPSA) is 55.8 Å². The van der Waals surface area contributed by atoms with E-state index >= 15 is 0 Å². The molecule has 1 saturated heterocycles. The highest BCUT2D eigenvalue weighted by molar-refractivity contribution is 6.62. The minimum absolute atomic E-state index is 0.110. The van der Waals surface area contributed by atoms with E-state index in [0.29, 0.717) is 6.54 Å². The summed E-state index contributed by atoms with van der Waals surface area (Å²) in [7, 11) is 0. The number of amides is 1. The second-order valence-electron chi connectivity index (χ2n) is 4.11. The summed E-state index contributed by atoms with van der Waals surface area (Å²) in [4.78, 5) is 24.1. The van der Waals surface area contributed by atoms with Crippen molar-refractivity contribution >= 4 is 23.1 Å². The molecule has 0 N–H and O–H groups in total. The largest absolute Gasteiger partial charge is 0.508 e. The van der Waals surface area contributed by atoms with E-state index in [2.05, 4.69) is 0 Å². The Balaban J connectivity index is 2.32. The summed E-state index contributed by atoms with van der Waals surface area (Å²) in [6, 6.07) is 8.86. The van der Waals surface area contributed by atoms with E-state index in [-0.39, 0.29) is 6.61 Å². The van der Waals surface area contributed by atoms with Crippen molar-refractivity contribution in [2.24, 2.45) is 0 Å². The van der Waals surface area contributed by atoms with Gasteiger partial charge in [0.2, 0.25) is 0 Å². The second kappa shape index (κ2) is 5.93. The van der Waals surface area contributed by atoms with Crippen LogP contribution in [0, 0.1) is 0 Å². The number of carbonyl (C=O) groups is 2. The molecule has 0 unspecified atom stereocenters. The van der Waals surface area contributed by atoms with Crippen LogP contribution in [0.5, 0.6) is 0 Å². The Morgan fingerprint density at radius 1 is 1.47 bits per heavy atom. The molecule has 2 atom stereocenters. The Bertz CT molecular complexity index is 465. The smallest absolute Gasteiger partial charge is 0.430 e. The molecule has 0 saturated carbocycles. The fourth-order valence-corrected chi connectivity index (χ4v) is 2.40. The van der Waals surface area contributed by atoms with Crippen LogP contribution >= 0.6 is 11.6 Å². The lowest BCUT2D eigenvalue weighted by Crippen LogP contribution is -2.39. The van der Waals surface area contributed by atoms with Crippen LogP contribution in [0.4, 0.5) is 9.59 Å². The van der Waals surface area contributed by atoms with E-state index in [1.165, 1.54) is 4.90 Å². The lowest BCUT2D eigenvalue weighted by Gasteiger charge is -2.31. The number of hydrogen-bond acceptors (Lipinski definition) is 4. The Hall–Kier alpha value is -1.75. The van der Waals surface area contributed by atoms with Gasteiger partial charge in [0.15, 0.2) is 6.10 Å². The quantitative estimate of drug-likeness (QED) is 0.484. The molecule has 1 aliphatic heterocycles. The van der Waals surface area contributed by atoms with Gasteiger partial charge in [0.05, 0.1) is 6.04 Å². The van der Waals surface area contributed by atoms with Crippen LogP contribution in [0.3, 0.4) is 0 Å². The molecule has 102 valence electrons.